The summed E-state index contributed by atoms with van der Waals surface area (Å²) in [7, 11) is 1.68. The van der Waals surface area contributed by atoms with E-state index in [0.717, 1.165) is 18.9 Å². The van der Waals surface area contributed by atoms with Crippen molar-refractivity contribution in [1.29, 1.82) is 0 Å². The zero-order valence-electron chi connectivity index (χ0n) is 8.43. The van der Waals surface area contributed by atoms with Crippen molar-refractivity contribution in [3.05, 3.63) is 23.9 Å². The predicted molar refractivity (Wildman–Crippen MR) is 54.6 cm³/mol. The first-order valence-corrected chi connectivity index (χ1v) is 4.67. The minimum absolute atomic E-state index is 0.174. The molecule has 0 spiro atoms. The second-order valence-corrected chi connectivity index (χ2v) is 3.42. The Morgan fingerprint density at radius 2 is 2.47 bits per heavy atom. The lowest BCUT2D eigenvalue weighted by Crippen LogP contribution is -2.52. The third-order valence-electron chi connectivity index (χ3n) is 2.42. The van der Waals surface area contributed by atoms with Gasteiger partial charge >= 0.3 is 0 Å². The first-order chi connectivity index (χ1) is 7.20. The molecule has 0 aromatic carbocycles. The van der Waals surface area contributed by atoms with Crippen molar-refractivity contribution in [2.75, 3.05) is 25.1 Å². The molecule has 0 saturated carbocycles. The second-order valence-electron chi connectivity index (χ2n) is 3.42. The number of amides is 1. The number of carbonyl (C=O) groups excluding carboxylic acids is 1. The largest absolute Gasteiger partial charge is 0.378 e. The Bertz CT molecular complexity index is 375. The number of nitrogens with two attached hydrogens (primary N) is 1. The first kappa shape index (κ1) is 9.92. The number of hydrogen-bond acceptors (Lipinski definition) is 4. The Morgan fingerprint density at radius 3 is 3.07 bits per heavy atom. The van der Waals surface area contributed by atoms with Crippen LogP contribution in [0.25, 0.3) is 0 Å². The summed E-state index contributed by atoms with van der Waals surface area (Å²) in [4.78, 5) is 17.0. The third-order valence-corrected chi connectivity index (χ3v) is 2.42. The van der Waals surface area contributed by atoms with Gasteiger partial charge < -0.3 is 15.4 Å². The van der Waals surface area contributed by atoms with Crippen molar-refractivity contribution in [2.45, 2.75) is 6.10 Å². The van der Waals surface area contributed by atoms with Gasteiger partial charge in [0.05, 0.1) is 6.10 Å². The van der Waals surface area contributed by atoms with E-state index in [1.807, 2.05) is 4.90 Å². The van der Waals surface area contributed by atoms with Gasteiger partial charge in [0.1, 0.15) is 11.5 Å². The first-order valence-electron chi connectivity index (χ1n) is 4.67. The van der Waals surface area contributed by atoms with Crippen LogP contribution in [0.3, 0.4) is 0 Å². The number of aromatic nitrogens is 1. The van der Waals surface area contributed by atoms with Crippen LogP contribution in [0.1, 0.15) is 10.5 Å². The van der Waals surface area contributed by atoms with Crippen molar-refractivity contribution in [3.63, 3.8) is 0 Å². The van der Waals surface area contributed by atoms with Crippen LogP contribution in [0.2, 0.25) is 0 Å². The van der Waals surface area contributed by atoms with Gasteiger partial charge in [0.2, 0.25) is 0 Å². The van der Waals surface area contributed by atoms with E-state index >= 15 is 0 Å². The third kappa shape index (κ3) is 1.92. The van der Waals surface area contributed by atoms with Gasteiger partial charge in [-0.1, -0.05) is 0 Å². The van der Waals surface area contributed by atoms with Crippen molar-refractivity contribution >= 4 is 11.7 Å². The van der Waals surface area contributed by atoms with Crippen LogP contribution in [0, 0.1) is 6.07 Å². The number of rotatable bonds is 3. The summed E-state index contributed by atoms with van der Waals surface area (Å²) in [5, 5.41) is 0. The second kappa shape index (κ2) is 3.86. The van der Waals surface area contributed by atoms with Gasteiger partial charge in [-0.3, -0.25) is 4.79 Å². The molecule has 15 heavy (non-hydrogen) atoms. The summed E-state index contributed by atoms with van der Waals surface area (Å²) in [6, 6.07) is 6.15. The number of hydrogen-bond donors (Lipinski definition) is 1. The van der Waals surface area contributed by atoms with Gasteiger partial charge in [0.15, 0.2) is 0 Å². The standard InChI is InChI=1S/C10H12N3O2/c1-15-7-5-13(6-7)9-4-2-3-8(12-9)10(11)14/h2,4,7H,5-6H2,1H3,(H2,11,14). The minimum Gasteiger partial charge on any atom is -0.378 e. The maximum absolute atomic E-state index is 10.9. The van der Waals surface area contributed by atoms with Gasteiger partial charge in [-0.15, -0.1) is 0 Å². The molecular formula is C10H12N3O2. The van der Waals surface area contributed by atoms with Crippen molar-refractivity contribution < 1.29 is 9.53 Å². The summed E-state index contributed by atoms with van der Waals surface area (Å²) in [6.45, 7) is 1.59. The minimum atomic E-state index is -0.555. The molecule has 1 radical (unpaired) electrons. The lowest BCUT2D eigenvalue weighted by Gasteiger charge is -2.39. The maximum Gasteiger partial charge on any atom is 0.268 e. The van der Waals surface area contributed by atoms with Crippen LogP contribution in [-0.2, 0) is 4.74 Å². The van der Waals surface area contributed by atoms with E-state index in [1.54, 1.807) is 19.2 Å². The lowest BCUT2D eigenvalue weighted by atomic mass is 10.1. The highest BCUT2D eigenvalue weighted by atomic mass is 16.5. The molecular weight excluding hydrogens is 194 g/mol. The molecule has 1 fully saturated rings. The van der Waals surface area contributed by atoms with Crippen molar-refractivity contribution in [2.24, 2.45) is 5.73 Å². The van der Waals surface area contributed by atoms with Gasteiger partial charge in [-0.05, 0) is 12.1 Å². The zero-order chi connectivity index (χ0) is 10.8. The molecule has 0 unspecified atom stereocenters. The van der Waals surface area contributed by atoms with Crippen molar-refractivity contribution in [3.8, 4) is 0 Å². The molecule has 1 aliphatic heterocycles. The normalized spacial score (nSPS) is 16.2. The summed E-state index contributed by atoms with van der Waals surface area (Å²) < 4.78 is 5.15. The Labute approximate surface area is 87.8 Å². The van der Waals surface area contributed by atoms with Crippen LogP contribution in [0.15, 0.2) is 12.1 Å². The quantitative estimate of drug-likeness (QED) is 0.744. The molecule has 0 aliphatic carbocycles. The fraction of sp³-hybridized carbons (Fsp3) is 0.400. The number of nitrogens with zero attached hydrogens (tertiary/aromatic N) is 2. The molecule has 2 N–H and O–H groups in total. The van der Waals surface area contributed by atoms with E-state index in [9.17, 15) is 4.79 Å². The van der Waals surface area contributed by atoms with Crippen molar-refractivity contribution in [1.82, 2.24) is 4.98 Å². The molecule has 1 saturated heterocycles. The molecule has 1 aliphatic rings. The highest BCUT2D eigenvalue weighted by Crippen LogP contribution is 2.19. The van der Waals surface area contributed by atoms with E-state index in [1.165, 1.54) is 0 Å². The zero-order valence-corrected chi connectivity index (χ0v) is 8.43. The Balaban J connectivity index is 2.10. The van der Waals surface area contributed by atoms with Gasteiger partial charge in [0, 0.05) is 26.3 Å². The fourth-order valence-electron chi connectivity index (χ4n) is 1.46. The molecule has 1 amide bonds. The number of primary amides is 1. The Kier molecular flexibility index (Phi) is 2.55. The van der Waals surface area contributed by atoms with E-state index < -0.39 is 5.91 Å². The number of methoxy groups -OCH3 is 1. The van der Waals surface area contributed by atoms with Crippen LogP contribution in [0.4, 0.5) is 5.82 Å². The maximum atomic E-state index is 10.9. The van der Waals surface area contributed by atoms with Crippen LogP contribution >= 0.6 is 0 Å². The highest BCUT2D eigenvalue weighted by Gasteiger charge is 2.27. The smallest absolute Gasteiger partial charge is 0.268 e. The van der Waals surface area contributed by atoms with E-state index in [-0.39, 0.29) is 11.8 Å². The molecule has 1 aromatic rings. The lowest BCUT2D eigenvalue weighted by molar-refractivity contribution is 0.0783. The molecule has 0 atom stereocenters. The number of anilines is 1. The SMILES string of the molecule is COC1CN(c2cc[c]c(C(N)=O)n2)C1. The predicted octanol–water partition coefficient (Wildman–Crippen LogP) is -0.184. The molecule has 2 rings (SSSR count). The van der Waals surface area contributed by atoms with Crippen LogP contribution in [0.5, 0.6) is 0 Å². The molecule has 5 heteroatoms. The van der Waals surface area contributed by atoms with Crippen LogP contribution < -0.4 is 10.6 Å². The van der Waals surface area contributed by atoms with Crippen LogP contribution in [-0.4, -0.2) is 37.2 Å². The fourth-order valence-corrected chi connectivity index (χ4v) is 1.46. The monoisotopic (exact) mass is 206 g/mol. The average Bonchev–Trinajstić information content (AvgIpc) is 2.16. The molecule has 2 heterocycles. The average molecular weight is 206 g/mol. The Hall–Kier alpha value is -1.62. The van der Waals surface area contributed by atoms with Gasteiger partial charge in [-0.25, -0.2) is 4.98 Å². The van der Waals surface area contributed by atoms with Gasteiger partial charge in [-0.2, -0.15) is 0 Å². The molecule has 79 valence electrons. The number of pyridine rings is 1. The topological polar surface area (TPSA) is 68.5 Å². The summed E-state index contributed by atoms with van der Waals surface area (Å²) in [6.07, 6.45) is 0.257. The van der Waals surface area contributed by atoms with E-state index in [4.69, 9.17) is 10.5 Å². The summed E-state index contributed by atoms with van der Waals surface area (Å²) >= 11 is 0. The molecule has 1 aromatic heterocycles. The van der Waals surface area contributed by atoms with Gasteiger partial charge in [0.25, 0.3) is 5.91 Å². The van der Waals surface area contributed by atoms with E-state index in [0.29, 0.717) is 0 Å². The highest BCUT2D eigenvalue weighted by molar-refractivity contribution is 5.90. The molecule has 0 bridgehead atoms. The summed E-state index contributed by atoms with van der Waals surface area (Å²) in [5.41, 5.74) is 5.29. The number of carbonyl (C=O) groups is 1. The molecule has 5 nitrogen and oxygen atoms in total. The Morgan fingerprint density at radius 1 is 1.73 bits per heavy atom. The van der Waals surface area contributed by atoms with E-state index in [2.05, 4.69) is 11.1 Å². The number of ether oxygens (including phenoxy) is 1. The summed E-state index contributed by atoms with van der Waals surface area (Å²) in [5.74, 6) is 0.191.